The van der Waals surface area contributed by atoms with Crippen molar-refractivity contribution in [3.8, 4) is 0 Å². The first-order chi connectivity index (χ1) is 7.19. The quantitative estimate of drug-likeness (QED) is 0.521. The van der Waals surface area contributed by atoms with E-state index in [1.54, 1.807) is 37.2 Å². The van der Waals surface area contributed by atoms with Crippen molar-refractivity contribution in [3.05, 3.63) is 40.7 Å². The topological polar surface area (TPSA) is 59.0 Å². The number of ether oxygens (including phenoxy) is 1. The van der Waals surface area contributed by atoms with E-state index in [2.05, 4.69) is 5.18 Å². The molecular weight excluding hydrogens is 196 g/mol. The molecule has 1 rings (SSSR count). The summed E-state index contributed by atoms with van der Waals surface area (Å²) >= 11 is 0. The minimum Gasteiger partial charge on any atom is -0.462 e. The van der Waals surface area contributed by atoms with E-state index in [4.69, 9.17) is 4.74 Å². The lowest BCUT2D eigenvalue weighted by Crippen LogP contribution is -2.17. The number of nitroso groups, excluding NO2 is 1. The zero-order chi connectivity index (χ0) is 11.3. The monoisotopic (exact) mass is 208 g/mol. The van der Waals surface area contributed by atoms with Gasteiger partial charge in [0, 0.05) is 13.2 Å². The molecule has 1 aliphatic rings. The first kappa shape index (κ1) is 11.2. The van der Waals surface area contributed by atoms with Gasteiger partial charge in [0.15, 0.2) is 0 Å². The van der Waals surface area contributed by atoms with Crippen LogP contribution in [0.4, 0.5) is 0 Å². The molecule has 5 heteroatoms. The molecule has 1 aliphatic heterocycles. The lowest BCUT2D eigenvalue weighted by Gasteiger charge is -2.19. The molecule has 0 spiro atoms. The number of nitrogens with zero attached hydrogens (tertiary/aromatic N) is 2. The van der Waals surface area contributed by atoms with Gasteiger partial charge >= 0.3 is 5.97 Å². The predicted octanol–water partition coefficient (Wildman–Crippen LogP) is 1.54. The van der Waals surface area contributed by atoms with Crippen LogP contribution in [0.1, 0.15) is 6.92 Å². The lowest BCUT2D eigenvalue weighted by molar-refractivity contribution is -0.138. The Bertz CT molecular complexity index is 356. The summed E-state index contributed by atoms with van der Waals surface area (Å²) in [5.41, 5.74) is 1.07. The van der Waals surface area contributed by atoms with Crippen LogP contribution < -0.4 is 0 Å². The van der Waals surface area contributed by atoms with Gasteiger partial charge in [-0.2, -0.15) is 0 Å². The number of carbonyl (C=O) groups is 1. The van der Waals surface area contributed by atoms with E-state index < -0.39 is 0 Å². The molecule has 0 bridgehead atoms. The molecule has 0 aromatic carbocycles. The largest absolute Gasteiger partial charge is 0.462 e. The van der Waals surface area contributed by atoms with Crippen molar-refractivity contribution in [2.45, 2.75) is 6.92 Å². The molecule has 80 valence electrons. The third-order valence-corrected chi connectivity index (χ3v) is 1.87. The number of allylic oxidation sites excluding steroid dienone is 1. The highest BCUT2D eigenvalue weighted by Gasteiger charge is 2.13. The van der Waals surface area contributed by atoms with Crippen molar-refractivity contribution in [2.24, 2.45) is 5.18 Å². The third kappa shape index (κ3) is 2.77. The Hall–Kier alpha value is -1.91. The molecule has 15 heavy (non-hydrogen) atoms. The van der Waals surface area contributed by atoms with E-state index in [0.717, 1.165) is 0 Å². The fourth-order valence-electron chi connectivity index (χ4n) is 1.14. The summed E-state index contributed by atoms with van der Waals surface area (Å²) in [5, 5.41) is 2.67. The Morgan fingerprint density at radius 2 is 2.33 bits per heavy atom. The Morgan fingerprint density at radius 1 is 1.60 bits per heavy atom. The molecule has 0 radical (unpaired) electrons. The van der Waals surface area contributed by atoms with Gasteiger partial charge in [-0.3, -0.25) is 0 Å². The second kappa shape index (κ2) is 5.09. The van der Waals surface area contributed by atoms with Crippen molar-refractivity contribution in [1.29, 1.82) is 0 Å². The van der Waals surface area contributed by atoms with Crippen molar-refractivity contribution in [2.75, 3.05) is 13.7 Å². The van der Waals surface area contributed by atoms with Gasteiger partial charge in [-0.05, 0) is 24.3 Å². The van der Waals surface area contributed by atoms with E-state index in [1.165, 1.54) is 6.20 Å². The zero-order valence-corrected chi connectivity index (χ0v) is 8.64. The fourth-order valence-corrected chi connectivity index (χ4v) is 1.14. The number of carbonyl (C=O) groups excluding carboxylic acids is 1. The summed E-state index contributed by atoms with van der Waals surface area (Å²) in [6, 6.07) is 0. The van der Waals surface area contributed by atoms with E-state index in [0.29, 0.717) is 17.9 Å². The number of hydrogen-bond donors (Lipinski definition) is 0. The molecule has 0 saturated carbocycles. The summed E-state index contributed by atoms with van der Waals surface area (Å²) in [6.45, 7) is 2.09. The van der Waals surface area contributed by atoms with Crippen molar-refractivity contribution in [3.63, 3.8) is 0 Å². The Morgan fingerprint density at radius 3 is 2.87 bits per heavy atom. The minimum absolute atomic E-state index is 0.340. The molecule has 0 saturated heterocycles. The molecule has 1 heterocycles. The van der Waals surface area contributed by atoms with E-state index >= 15 is 0 Å². The second-order valence-corrected chi connectivity index (χ2v) is 2.91. The van der Waals surface area contributed by atoms with Crippen LogP contribution in [0.2, 0.25) is 0 Å². The van der Waals surface area contributed by atoms with Crippen molar-refractivity contribution >= 4 is 5.97 Å². The Kier molecular flexibility index (Phi) is 3.79. The van der Waals surface area contributed by atoms with Gasteiger partial charge in [-0.15, -0.1) is 4.91 Å². The Labute approximate surface area is 87.7 Å². The van der Waals surface area contributed by atoms with Crippen LogP contribution >= 0.6 is 0 Å². The summed E-state index contributed by atoms with van der Waals surface area (Å²) in [7, 11) is 1.72. The highest BCUT2D eigenvalue weighted by Crippen LogP contribution is 2.15. The summed E-state index contributed by atoms with van der Waals surface area (Å²) in [4.78, 5) is 23.0. The second-order valence-electron chi connectivity index (χ2n) is 2.91. The first-order valence-corrected chi connectivity index (χ1v) is 4.51. The van der Waals surface area contributed by atoms with Gasteiger partial charge in [-0.25, -0.2) is 4.79 Å². The van der Waals surface area contributed by atoms with Crippen molar-refractivity contribution in [1.82, 2.24) is 4.90 Å². The number of rotatable bonds is 3. The average molecular weight is 208 g/mol. The molecular formula is C10H12N2O3. The molecule has 0 fully saturated rings. The maximum atomic E-state index is 11.3. The van der Waals surface area contributed by atoms with E-state index in [9.17, 15) is 9.70 Å². The standard InChI is InChI=1S/C10H12N2O3/c1-3-15-10(13)8-4-5-9(6-11-14)12(2)7-8/h4-7H,3H2,1-2H3/b9-6-. The third-order valence-electron chi connectivity index (χ3n) is 1.87. The molecule has 0 amide bonds. The molecule has 0 aromatic heterocycles. The van der Waals surface area contributed by atoms with Crippen LogP contribution in [0, 0.1) is 4.91 Å². The zero-order valence-electron chi connectivity index (χ0n) is 8.64. The van der Waals surface area contributed by atoms with Crippen LogP contribution in [0.5, 0.6) is 0 Å². The van der Waals surface area contributed by atoms with Crippen LogP contribution in [-0.4, -0.2) is 24.5 Å². The van der Waals surface area contributed by atoms with Gasteiger partial charge in [0.05, 0.1) is 24.1 Å². The smallest absolute Gasteiger partial charge is 0.339 e. The van der Waals surface area contributed by atoms with Gasteiger partial charge in [-0.1, -0.05) is 0 Å². The normalized spacial score (nSPS) is 17.6. The molecule has 0 unspecified atom stereocenters. The predicted molar refractivity (Wildman–Crippen MR) is 55.5 cm³/mol. The summed E-state index contributed by atoms with van der Waals surface area (Å²) < 4.78 is 4.84. The molecule has 0 aromatic rings. The SMILES string of the molecule is CCOC(=O)C1=CN(C)/C(=C\N=O)C=C1. The number of likely N-dealkylation sites (N-methyl/N-ethyl adjacent to an activating group) is 1. The average Bonchev–Trinajstić information content (AvgIpc) is 2.21. The van der Waals surface area contributed by atoms with Crippen molar-refractivity contribution < 1.29 is 9.53 Å². The van der Waals surface area contributed by atoms with Gasteiger partial charge in [0.25, 0.3) is 0 Å². The van der Waals surface area contributed by atoms with Crippen LogP contribution in [0.15, 0.2) is 41.0 Å². The molecule has 5 nitrogen and oxygen atoms in total. The molecule has 0 atom stereocenters. The van der Waals surface area contributed by atoms with Gasteiger partial charge < -0.3 is 9.64 Å². The summed E-state index contributed by atoms with van der Waals surface area (Å²) in [6.07, 6.45) is 5.99. The van der Waals surface area contributed by atoms with Crippen LogP contribution in [-0.2, 0) is 9.53 Å². The maximum absolute atomic E-state index is 11.3. The lowest BCUT2D eigenvalue weighted by atomic mass is 10.2. The van der Waals surface area contributed by atoms with Crippen LogP contribution in [0.3, 0.4) is 0 Å². The highest BCUT2D eigenvalue weighted by atomic mass is 16.5. The summed E-state index contributed by atoms with van der Waals surface area (Å²) in [5.74, 6) is -0.376. The van der Waals surface area contributed by atoms with Gasteiger partial charge in [0.2, 0.25) is 0 Å². The van der Waals surface area contributed by atoms with E-state index in [-0.39, 0.29) is 5.97 Å². The highest BCUT2D eigenvalue weighted by molar-refractivity contribution is 5.92. The minimum atomic E-state index is -0.376. The van der Waals surface area contributed by atoms with Gasteiger partial charge in [0.1, 0.15) is 0 Å². The van der Waals surface area contributed by atoms with Crippen LogP contribution in [0.25, 0.3) is 0 Å². The number of esters is 1. The number of hydrogen-bond acceptors (Lipinski definition) is 5. The first-order valence-electron chi connectivity index (χ1n) is 4.51. The maximum Gasteiger partial charge on any atom is 0.339 e. The molecule has 0 N–H and O–H groups in total. The fraction of sp³-hybridized carbons (Fsp3) is 0.300. The Balaban J connectivity index is 2.79. The van der Waals surface area contributed by atoms with E-state index in [1.807, 2.05) is 0 Å². The molecule has 0 aliphatic carbocycles.